The number of aliphatic hydroxyl groups excluding tert-OH is 1. The topological polar surface area (TPSA) is 237 Å². The van der Waals surface area contributed by atoms with Crippen molar-refractivity contribution < 1.29 is 80.2 Å². The molecule has 0 rings (SSSR count). The molecule has 0 saturated heterocycles. The largest absolute Gasteiger partial charge is 0.472 e. The Morgan fingerprint density at radius 2 is 0.482 bits per heavy atom. The fraction of sp³-hybridized carbons (Fsp3) is 0.938. The van der Waals surface area contributed by atoms with Crippen LogP contribution in [0.2, 0.25) is 0 Å². The van der Waals surface area contributed by atoms with Crippen LogP contribution < -0.4 is 0 Å². The van der Waals surface area contributed by atoms with Gasteiger partial charge in [-0.3, -0.25) is 37.3 Å². The minimum atomic E-state index is -4.94. The third-order valence-corrected chi connectivity index (χ3v) is 16.8. The van der Waals surface area contributed by atoms with Gasteiger partial charge in [0.25, 0.3) is 0 Å². The number of hydrogen-bond donors (Lipinski definition) is 3. The van der Waals surface area contributed by atoms with E-state index in [-0.39, 0.29) is 25.7 Å². The molecule has 492 valence electrons. The van der Waals surface area contributed by atoms with Gasteiger partial charge in [-0.05, 0) is 25.7 Å². The summed E-state index contributed by atoms with van der Waals surface area (Å²) >= 11 is 0. The molecule has 17 nitrogen and oxygen atoms in total. The van der Waals surface area contributed by atoms with Gasteiger partial charge in [-0.1, -0.05) is 278 Å². The summed E-state index contributed by atoms with van der Waals surface area (Å²) in [6, 6.07) is 0. The van der Waals surface area contributed by atoms with E-state index in [1.165, 1.54) is 135 Å². The van der Waals surface area contributed by atoms with Crippen molar-refractivity contribution in [2.75, 3.05) is 39.6 Å². The quantitative estimate of drug-likeness (QED) is 0.0222. The van der Waals surface area contributed by atoms with Crippen molar-refractivity contribution in [1.29, 1.82) is 0 Å². The van der Waals surface area contributed by atoms with Crippen LogP contribution in [0.4, 0.5) is 0 Å². The second-order valence-electron chi connectivity index (χ2n) is 23.2. The summed E-state index contributed by atoms with van der Waals surface area (Å²) in [6.45, 7) is 4.82. The Hall–Kier alpha value is -1.94. The highest BCUT2D eigenvalue weighted by Crippen LogP contribution is 2.45. The number of esters is 4. The molecule has 0 aromatic rings. The lowest BCUT2D eigenvalue weighted by Gasteiger charge is -2.21. The first-order valence-electron chi connectivity index (χ1n) is 33.8. The molecule has 0 heterocycles. The molecular formula is C64H124O17P2. The van der Waals surface area contributed by atoms with Crippen LogP contribution in [0.25, 0.3) is 0 Å². The first-order chi connectivity index (χ1) is 40.2. The average molecular weight is 1230 g/mol. The molecule has 0 aliphatic heterocycles. The lowest BCUT2D eigenvalue weighted by Crippen LogP contribution is -2.30. The highest BCUT2D eigenvalue weighted by molar-refractivity contribution is 7.47. The number of carbonyl (C=O) groups is 4. The van der Waals surface area contributed by atoms with Gasteiger partial charge in [0, 0.05) is 25.7 Å². The van der Waals surface area contributed by atoms with Crippen molar-refractivity contribution in [2.45, 2.75) is 348 Å². The fourth-order valence-electron chi connectivity index (χ4n) is 9.63. The van der Waals surface area contributed by atoms with Crippen LogP contribution in [0.3, 0.4) is 0 Å². The summed E-state index contributed by atoms with van der Waals surface area (Å²) < 4.78 is 67.8. The molecule has 0 amide bonds. The van der Waals surface area contributed by atoms with Crippen molar-refractivity contribution >= 4 is 39.5 Å². The summed E-state index contributed by atoms with van der Waals surface area (Å²) in [5.74, 6) is -2.14. The molecule has 5 atom stereocenters. The molecule has 83 heavy (non-hydrogen) atoms. The summed E-state index contributed by atoms with van der Waals surface area (Å²) in [4.78, 5) is 72.0. The molecule has 0 aliphatic carbocycles. The molecular weight excluding hydrogens is 1100 g/mol. The summed E-state index contributed by atoms with van der Waals surface area (Å²) in [6.07, 6.45) is 44.7. The van der Waals surface area contributed by atoms with Gasteiger partial charge >= 0.3 is 39.5 Å². The molecule has 0 aromatic carbocycles. The number of hydrogen-bond acceptors (Lipinski definition) is 15. The zero-order chi connectivity index (χ0) is 61.2. The predicted molar refractivity (Wildman–Crippen MR) is 331 cm³/mol. The number of aliphatic hydroxyl groups is 1. The monoisotopic (exact) mass is 1230 g/mol. The van der Waals surface area contributed by atoms with Gasteiger partial charge < -0.3 is 33.8 Å². The van der Waals surface area contributed by atoms with Crippen LogP contribution in [-0.4, -0.2) is 96.7 Å². The Labute approximate surface area is 505 Å². The number of unbranched alkanes of at least 4 members (excludes halogenated alkanes) is 39. The van der Waals surface area contributed by atoms with E-state index in [0.717, 1.165) is 116 Å². The van der Waals surface area contributed by atoms with E-state index in [1.807, 2.05) is 0 Å². The lowest BCUT2D eigenvalue weighted by atomic mass is 10.0. The van der Waals surface area contributed by atoms with Gasteiger partial charge in [-0.15, -0.1) is 0 Å². The average Bonchev–Trinajstić information content (AvgIpc) is 3.47. The molecule has 2 unspecified atom stereocenters. The molecule has 0 spiro atoms. The third kappa shape index (κ3) is 58.8. The lowest BCUT2D eigenvalue weighted by molar-refractivity contribution is -0.161. The smallest absolute Gasteiger partial charge is 0.462 e. The third-order valence-electron chi connectivity index (χ3n) is 14.9. The van der Waals surface area contributed by atoms with Gasteiger partial charge in [0.15, 0.2) is 12.2 Å². The van der Waals surface area contributed by atoms with Gasteiger partial charge in [-0.2, -0.15) is 0 Å². The number of phosphoric acid groups is 2. The number of carbonyl (C=O) groups excluding carboxylic acids is 4. The molecule has 3 N–H and O–H groups in total. The summed E-state index contributed by atoms with van der Waals surface area (Å²) in [5, 5.41) is 10.5. The SMILES string of the molecule is CCCCCCCCCCCCCCCCCCC(=O)O[C@H](COC(=O)CCCCCCCCCCCCCCC)COP(=O)(O)OC[C@@H](O)COP(=O)(O)OC[C@@H](COC(=O)CCCCCCCCC)OC(=O)CCCCCCCCC. The number of ether oxygens (including phenoxy) is 4. The molecule has 0 aliphatic rings. The Balaban J connectivity index is 5.17. The number of phosphoric ester groups is 2. The van der Waals surface area contributed by atoms with E-state index in [2.05, 4.69) is 27.7 Å². The molecule has 0 aromatic heterocycles. The van der Waals surface area contributed by atoms with Crippen LogP contribution in [0.5, 0.6) is 0 Å². The van der Waals surface area contributed by atoms with Crippen molar-refractivity contribution in [2.24, 2.45) is 0 Å². The van der Waals surface area contributed by atoms with Crippen LogP contribution in [-0.2, 0) is 65.4 Å². The minimum Gasteiger partial charge on any atom is -0.462 e. The maximum atomic E-state index is 13.0. The highest BCUT2D eigenvalue weighted by Gasteiger charge is 2.30. The summed E-state index contributed by atoms with van der Waals surface area (Å²) in [5.41, 5.74) is 0. The standard InChI is InChI=1S/C64H124O17P2/c1-5-9-13-17-21-23-25-27-28-29-31-33-35-39-43-47-51-64(69)81-60(55-75-62(67)49-45-41-38-34-32-30-26-24-22-18-14-10-6-2)57-79-83(72,73)77-53-58(65)52-76-82(70,71)78-56-59(80-63(68)50-46-42-37-20-16-12-8-4)54-74-61(66)48-44-40-36-19-15-11-7-3/h58-60,65H,5-57H2,1-4H3,(H,70,71)(H,72,73)/t58-,59+,60+/m0/s1. The predicted octanol–water partition coefficient (Wildman–Crippen LogP) is 17.9. The van der Waals surface area contributed by atoms with E-state index in [1.54, 1.807) is 0 Å². The zero-order valence-electron chi connectivity index (χ0n) is 53.2. The summed E-state index contributed by atoms with van der Waals surface area (Å²) in [7, 11) is -9.87. The molecule has 0 fully saturated rings. The van der Waals surface area contributed by atoms with Crippen LogP contribution in [0.15, 0.2) is 0 Å². The van der Waals surface area contributed by atoms with Gasteiger partial charge in [0.1, 0.15) is 19.3 Å². The number of rotatable bonds is 65. The molecule has 0 radical (unpaired) electrons. The Kier molecular flexibility index (Phi) is 57.7. The zero-order valence-corrected chi connectivity index (χ0v) is 54.9. The van der Waals surface area contributed by atoms with E-state index in [9.17, 15) is 43.2 Å². The normalized spacial score (nSPS) is 14.2. The fourth-order valence-corrected chi connectivity index (χ4v) is 11.2. The van der Waals surface area contributed by atoms with Crippen molar-refractivity contribution in [3.05, 3.63) is 0 Å². The maximum Gasteiger partial charge on any atom is 0.472 e. The Morgan fingerprint density at radius 1 is 0.289 bits per heavy atom. The van der Waals surface area contributed by atoms with Gasteiger partial charge in [-0.25, -0.2) is 9.13 Å². The van der Waals surface area contributed by atoms with Crippen molar-refractivity contribution in [3.8, 4) is 0 Å². The van der Waals surface area contributed by atoms with Crippen LogP contribution >= 0.6 is 15.6 Å². The van der Waals surface area contributed by atoms with Crippen molar-refractivity contribution in [3.63, 3.8) is 0 Å². The highest BCUT2D eigenvalue weighted by atomic mass is 31.2. The van der Waals surface area contributed by atoms with Gasteiger partial charge in [0.2, 0.25) is 0 Å². The minimum absolute atomic E-state index is 0.104. The second-order valence-corrected chi connectivity index (χ2v) is 26.1. The van der Waals surface area contributed by atoms with Crippen LogP contribution in [0, 0.1) is 0 Å². The van der Waals surface area contributed by atoms with E-state index in [4.69, 9.17) is 37.0 Å². The molecule has 0 bridgehead atoms. The first kappa shape index (κ1) is 81.1. The van der Waals surface area contributed by atoms with E-state index >= 15 is 0 Å². The Bertz CT molecular complexity index is 1600. The molecule has 19 heteroatoms. The first-order valence-corrected chi connectivity index (χ1v) is 36.8. The van der Waals surface area contributed by atoms with Crippen LogP contribution in [0.1, 0.15) is 329 Å². The van der Waals surface area contributed by atoms with E-state index < -0.39 is 97.5 Å². The molecule has 0 saturated carbocycles. The second kappa shape index (κ2) is 59.0. The van der Waals surface area contributed by atoms with Crippen molar-refractivity contribution in [1.82, 2.24) is 0 Å². The van der Waals surface area contributed by atoms with Gasteiger partial charge in [0.05, 0.1) is 26.4 Å². The Morgan fingerprint density at radius 3 is 0.711 bits per heavy atom. The van der Waals surface area contributed by atoms with E-state index in [0.29, 0.717) is 25.7 Å². The maximum absolute atomic E-state index is 13.0.